The molecule has 0 aliphatic rings. The topological polar surface area (TPSA) is 78.4 Å². The number of hydrogen-bond acceptors (Lipinski definition) is 4. The van der Waals surface area contributed by atoms with Gasteiger partial charge in [-0.05, 0) is 24.1 Å². The summed E-state index contributed by atoms with van der Waals surface area (Å²) in [5.41, 5.74) is 7.03. The van der Waals surface area contributed by atoms with Crippen LogP contribution in [0.3, 0.4) is 0 Å². The molecule has 0 saturated carbocycles. The van der Waals surface area contributed by atoms with Crippen LogP contribution in [0.4, 0.5) is 11.4 Å². The molecule has 0 aromatic heterocycles. The van der Waals surface area contributed by atoms with Gasteiger partial charge in [0.1, 0.15) is 11.5 Å². The van der Waals surface area contributed by atoms with Crippen LogP contribution in [0.25, 0.3) is 0 Å². The van der Waals surface area contributed by atoms with E-state index in [1.807, 2.05) is 24.3 Å². The first-order valence-electron chi connectivity index (χ1n) is 5.90. The lowest BCUT2D eigenvalue weighted by atomic mass is 10.2. The molecule has 0 heterocycles. The van der Waals surface area contributed by atoms with Crippen LogP contribution in [-0.2, 0) is 6.42 Å². The van der Waals surface area contributed by atoms with Gasteiger partial charge in [0.25, 0.3) is 5.69 Å². The van der Waals surface area contributed by atoms with Crippen LogP contribution in [0.5, 0.6) is 11.5 Å². The molecule has 0 atom stereocenters. The summed E-state index contributed by atoms with van der Waals surface area (Å²) in [6.07, 6.45) is 0.948. The molecule has 2 aromatic rings. The van der Waals surface area contributed by atoms with Crippen LogP contribution in [-0.4, -0.2) is 4.92 Å². The van der Waals surface area contributed by atoms with Gasteiger partial charge >= 0.3 is 0 Å². The van der Waals surface area contributed by atoms with E-state index in [1.54, 1.807) is 6.07 Å². The van der Waals surface area contributed by atoms with Gasteiger partial charge in [0, 0.05) is 17.8 Å². The van der Waals surface area contributed by atoms with Gasteiger partial charge in [-0.1, -0.05) is 19.1 Å². The summed E-state index contributed by atoms with van der Waals surface area (Å²) in [6, 6.07) is 11.8. The molecule has 98 valence electrons. The van der Waals surface area contributed by atoms with E-state index in [1.165, 1.54) is 17.7 Å². The van der Waals surface area contributed by atoms with Crippen molar-refractivity contribution in [2.75, 3.05) is 5.73 Å². The van der Waals surface area contributed by atoms with Gasteiger partial charge in [-0.25, -0.2) is 0 Å². The highest BCUT2D eigenvalue weighted by Crippen LogP contribution is 2.28. The van der Waals surface area contributed by atoms with E-state index in [0.717, 1.165) is 6.42 Å². The molecule has 19 heavy (non-hydrogen) atoms. The first-order valence-corrected chi connectivity index (χ1v) is 5.90. The summed E-state index contributed by atoms with van der Waals surface area (Å²) in [6.45, 7) is 2.07. The maximum Gasteiger partial charge on any atom is 0.275 e. The number of nitro groups is 1. The van der Waals surface area contributed by atoms with Gasteiger partial charge in [0.2, 0.25) is 0 Å². The first-order chi connectivity index (χ1) is 9.08. The molecule has 5 heteroatoms. The zero-order chi connectivity index (χ0) is 13.8. The molecule has 0 aliphatic heterocycles. The molecule has 0 spiro atoms. The molecule has 5 nitrogen and oxygen atoms in total. The Kier molecular flexibility index (Phi) is 3.66. The van der Waals surface area contributed by atoms with E-state index in [2.05, 4.69) is 6.92 Å². The van der Waals surface area contributed by atoms with Crippen LogP contribution < -0.4 is 10.5 Å². The highest BCUT2D eigenvalue weighted by Gasteiger charge is 2.09. The zero-order valence-corrected chi connectivity index (χ0v) is 10.5. The Morgan fingerprint density at radius 3 is 2.42 bits per heavy atom. The largest absolute Gasteiger partial charge is 0.457 e. The predicted molar refractivity (Wildman–Crippen MR) is 73.4 cm³/mol. The van der Waals surface area contributed by atoms with E-state index in [0.29, 0.717) is 17.2 Å². The number of rotatable bonds is 4. The number of nitro benzene ring substituents is 1. The molecule has 2 N–H and O–H groups in total. The lowest BCUT2D eigenvalue weighted by Gasteiger charge is -2.07. The molecular formula is C14H14N2O3. The fourth-order valence-corrected chi connectivity index (χ4v) is 1.70. The minimum Gasteiger partial charge on any atom is -0.457 e. The van der Waals surface area contributed by atoms with Crippen LogP contribution in [0.1, 0.15) is 12.5 Å². The van der Waals surface area contributed by atoms with Crippen molar-refractivity contribution in [2.24, 2.45) is 0 Å². The fourth-order valence-electron chi connectivity index (χ4n) is 1.70. The van der Waals surface area contributed by atoms with Gasteiger partial charge in [0.05, 0.1) is 11.0 Å². The SMILES string of the molecule is CCc1ccc(Oc2cc(N)cc([N+](=O)[O-])c2)cc1. The van der Waals surface area contributed by atoms with Gasteiger partial charge in [-0.15, -0.1) is 0 Å². The van der Waals surface area contributed by atoms with Crippen LogP contribution in [0.2, 0.25) is 0 Å². The highest BCUT2D eigenvalue weighted by atomic mass is 16.6. The third-order valence-corrected chi connectivity index (χ3v) is 2.69. The molecule has 0 aliphatic carbocycles. The Bertz CT molecular complexity index is 594. The van der Waals surface area contributed by atoms with Crippen molar-refractivity contribution in [1.82, 2.24) is 0 Å². The zero-order valence-electron chi connectivity index (χ0n) is 10.5. The molecule has 0 bridgehead atoms. The molecular weight excluding hydrogens is 244 g/mol. The van der Waals surface area contributed by atoms with Crippen molar-refractivity contribution in [1.29, 1.82) is 0 Å². The van der Waals surface area contributed by atoms with Crippen molar-refractivity contribution in [3.8, 4) is 11.5 Å². The second-order valence-corrected chi connectivity index (χ2v) is 4.12. The van der Waals surface area contributed by atoms with Gasteiger partial charge in [0.15, 0.2) is 0 Å². The third kappa shape index (κ3) is 3.22. The second kappa shape index (κ2) is 5.39. The normalized spacial score (nSPS) is 10.2. The van der Waals surface area contributed by atoms with Crippen molar-refractivity contribution in [2.45, 2.75) is 13.3 Å². The van der Waals surface area contributed by atoms with E-state index in [4.69, 9.17) is 10.5 Å². The summed E-state index contributed by atoms with van der Waals surface area (Å²) in [7, 11) is 0. The molecule has 2 aromatic carbocycles. The summed E-state index contributed by atoms with van der Waals surface area (Å²) in [4.78, 5) is 10.2. The Balaban J connectivity index is 2.24. The summed E-state index contributed by atoms with van der Waals surface area (Å²) in [5, 5.41) is 10.7. The quantitative estimate of drug-likeness (QED) is 0.517. The highest BCUT2D eigenvalue weighted by molar-refractivity contribution is 5.54. The van der Waals surface area contributed by atoms with Crippen molar-refractivity contribution in [3.63, 3.8) is 0 Å². The summed E-state index contributed by atoms with van der Waals surface area (Å²) < 4.78 is 5.57. The molecule has 0 fully saturated rings. The molecule has 0 unspecified atom stereocenters. The smallest absolute Gasteiger partial charge is 0.275 e. The maximum absolute atomic E-state index is 10.7. The van der Waals surface area contributed by atoms with E-state index >= 15 is 0 Å². The molecule has 0 radical (unpaired) electrons. The molecule has 2 rings (SSSR count). The Morgan fingerprint density at radius 1 is 1.16 bits per heavy atom. The Hall–Kier alpha value is -2.56. The lowest BCUT2D eigenvalue weighted by Crippen LogP contribution is -1.93. The van der Waals surface area contributed by atoms with Crippen molar-refractivity contribution in [3.05, 3.63) is 58.1 Å². The van der Waals surface area contributed by atoms with Crippen LogP contribution in [0.15, 0.2) is 42.5 Å². The van der Waals surface area contributed by atoms with E-state index in [9.17, 15) is 10.1 Å². The van der Waals surface area contributed by atoms with E-state index < -0.39 is 4.92 Å². The number of anilines is 1. The number of nitrogen functional groups attached to an aromatic ring is 1. The van der Waals surface area contributed by atoms with Crippen molar-refractivity contribution >= 4 is 11.4 Å². The van der Waals surface area contributed by atoms with Gasteiger partial charge < -0.3 is 10.5 Å². The molecule has 0 saturated heterocycles. The molecule has 0 amide bonds. The number of aryl methyl sites for hydroxylation is 1. The average Bonchev–Trinajstić information content (AvgIpc) is 2.39. The third-order valence-electron chi connectivity index (χ3n) is 2.69. The predicted octanol–water partition coefficient (Wildman–Crippen LogP) is 3.53. The fraction of sp³-hybridized carbons (Fsp3) is 0.143. The number of benzene rings is 2. The van der Waals surface area contributed by atoms with Crippen LogP contribution in [0, 0.1) is 10.1 Å². The van der Waals surface area contributed by atoms with E-state index in [-0.39, 0.29) is 5.69 Å². The lowest BCUT2D eigenvalue weighted by molar-refractivity contribution is -0.384. The minimum atomic E-state index is -0.497. The number of nitrogens with two attached hydrogens (primary N) is 1. The maximum atomic E-state index is 10.7. The standard InChI is InChI=1S/C14H14N2O3/c1-2-10-3-5-13(6-4-10)19-14-8-11(15)7-12(9-14)16(17)18/h3-9H,2,15H2,1H3. The monoisotopic (exact) mass is 258 g/mol. The number of hydrogen-bond donors (Lipinski definition) is 1. The van der Waals surface area contributed by atoms with Crippen LogP contribution >= 0.6 is 0 Å². The number of nitrogens with zero attached hydrogens (tertiary/aromatic N) is 1. The Morgan fingerprint density at radius 2 is 1.84 bits per heavy atom. The number of ether oxygens (including phenoxy) is 1. The second-order valence-electron chi connectivity index (χ2n) is 4.12. The number of non-ortho nitro benzene ring substituents is 1. The summed E-state index contributed by atoms with van der Waals surface area (Å²) in [5.74, 6) is 0.980. The Labute approximate surface area is 110 Å². The van der Waals surface area contributed by atoms with Crippen molar-refractivity contribution < 1.29 is 9.66 Å². The van der Waals surface area contributed by atoms with Gasteiger partial charge in [-0.2, -0.15) is 0 Å². The average molecular weight is 258 g/mol. The van der Waals surface area contributed by atoms with Gasteiger partial charge in [-0.3, -0.25) is 10.1 Å². The summed E-state index contributed by atoms with van der Waals surface area (Å²) >= 11 is 0. The minimum absolute atomic E-state index is 0.0832. The first kappa shape index (κ1) is 12.9.